The van der Waals surface area contributed by atoms with Gasteiger partial charge in [0.15, 0.2) is 17.7 Å². The van der Waals surface area contributed by atoms with Crippen LogP contribution in [0.5, 0.6) is 5.75 Å². The molecule has 2 rings (SSSR count). The summed E-state index contributed by atoms with van der Waals surface area (Å²) in [6, 6.07) is 2.29. The molecule has 1 aliphatic rings. The summed E-state index contributed by atoms with van der Waals surface area (Å²) in [5, 5.41) is 11.5. The summed E-state index contributed by atoms with van der Waals surface area (Å²) in [5.41, 5.74) is -0.0283. The molecule has 1 aliphatic heterocycles. The largest absolute Gasteiger partial charge is 0.492 e. The molecule has 1 atom stereocenters. The van der Waals surface area contributed by atoms with Crippen LogP contribution in [0.2, 0.25) is 0 Å². The monoisotopic (exact) mass is 257 g/mol. The van der Waals surface area contributed by atoms with E-state index in [1.54, 1.807) is 0 Å². The molecule has 18 heavy (non-hydrogen) atoms. The van der Waals surface area contributed by atoms with Gasteiger partial charge in [-0.3, -0.25) is 0 Å². The molecule has 0 spiro atoms. The van der Waals surface area contributed by atoms with Crippen LogP contribution in [-0.2, 0) is 9.74 Å². The number of hydrogen-bond acceptors (Lipinski definition) is 4. The van der Waals surface area contributed by atoms with E-state index in [2.05, 4.69) is 10.3 Å². The number of halogens is 2. The molecular formula is C11H9F2NO4. The van der Waals surface area contributed by atoms with Crippen molar-refractivity contribution in [3.8, 4) is 5.75 Å². The van der Waals surface area contributed by atoms with Crippen LogP contribution in [0.15, 0.2) is 23.9 Å². The molecule has 1 aromatic rings. The third-order valence-electron chi connectivity index (χ3n) is 2.62. The van der Waals surface area contributed by atoms with Gasteiger partial charge in [0.05, 0.1) is 18.4 Å². The van der Waals surface area contributed by atoms with Crippen molar-refractivity contribution in [3.63, 3.8) is 0 Å². The Bertz CT molecular complexity index is 530. The van der Waals surface area contributed by atoms with Crippen LogP contribution < -0.4 is 10.1 Å². The van der Waals surface area contributed by atoms with E-state index in [9.17, 15) is 13.7 Å². The molecule has 0 aromatic heterocycles. The molecule has 0 saturated heterocycles. The van der Waals surface area contributed by atoms with Crippen LogP contribution in [0.4, 0.5) is 14.6 Å². The number of fused-ring (bicyclic) bond motifs is 1. The smallest absolute Gasteiger partial charge is 0.336 e. The molecule has 0 saturated carbocycles. The third-order valence-corrected chi connectivity index (χ3v) is 2.62. The normalized spacial score (nSPS) is 17.5. The molecule has 5 nitrogen and oxygen atoms in total. The molecule has 0 radical (unpaired) electrons. The lowest BCUT2D eigenvalue weighted by Crippen LogP contribution is -2.19. The Morgan fingerprint density at radius 2 is 2.22 bits per heavy atom. The van der Waals surface area contributed by atoms with Crippen molar-refractivity contribution in [1.82, 2.24) is 0 Å². The average Bonchev–Trinajstić information content (AvgIpc) is 2.36. The van der Waals surface area contributed by atoms with Crippen LogP contribution >= 0.6 is 0 Å². The van der Waals surface area contributed by atoms with E-state index in [0.29, 0.717) is 0 Å². The highest BCUT2D eigenvalue weighted by Crippen LogP contribution is 2.42. The Hall–Kier alpha value is -2.15. The SMILES string of the molecule is COc1c(F)ccc2c1NC=C(C(=O)O)C2OF. The maximum Gasteiger partial charge on any atom is 0.336 e. The number of methoxy groups -OCH3 is 1. The van der Waals surface area contributed by atoms with Crippen molar-refractivity contribution in [2.45, 2.75) is 6.10 Å². The number of ether oxygens (including phenoxy) is 1. The molecule has 96 valence electrons. The lowest BCUT2D eigenvalue weighted by Gasteiger charge is -2.24. The van der Waals surface area contributed by atoms with Crippen LogP contribution in [0.25, 0.3) is 0 Å². The summed E-state index contributed by atoms with van der Waals surface area (Å²) < 4.78 is 30.8. The number of hydrogen-bond donors (Lipinski definition) is 2. The van der Waals surface area contributed by atoms with Gasteiger partial charge in [0, 0.05) is 11.8 Å². The van der Waals surface area contributed by atoms with Crippen molar-refractivity contribution >= 4 is 11.7 Å². The highest BCUT2D eigenvalue weighted by Gasteiger charge is 2.32. The molecular weight excluding hydrogens is 248 g/mol. The minimum absolute atomic E-state index is 0.129. The van der Waals surface area contributed by atoms with Crippen molar-refractivity contribution in [3.05, 3.63) is 35.3 Å². The highest BCUT2D eigenvalue weighted by atomic mass is 19.3. The first-order valence-corrected chi connectivity index (χ1v) is 4.93. The zero-order chi connectivity index (χ0) is 13.3. The summed E-state index contributed by atoms with van der Waals surface area (Å²) >= 11 is 0. The zero-order valence-electron chi connectivity index (χ0n) is 9.24. The zero-order valence-corrected chi connectivity index (χ0v) is 9.24. The van der Waals surface area contributed by atoms with Crippen LogP contribution in [0.3, 0.4) is 0 Å². The molecule has 0 aliphatic carbocycles. The second-order valence-corrected chi connectivity index (χ2v) is 3.56. The number of carbonyl (C=O) groups is 1. The molecule has 0 fully saturated rings. The Morgan fingerprint density at radius 3 is 2.78 bits per heavy atom. The maximum absolute atomic E-state index is 13.4. The van der Waals surface area contributed by atoms with Crippen LogP contribution in [-0.4, -0.2) is 18.2 Å². The number of carboxylic acid groups (broad SMARTS) is 1. The van der Waals surface area contributed by atoms with Gasteiger partial charge >= 0.3 is 5.97 Å². The fourth-order valence-corrected chi connectivity index (χ4v) is 1.80. The fourth-order valence-electron chi connectivity index (χ4n) is 1.80. The third kappa shape index (κ3) is 1.78. The van der Waals surface area contributed by atoms with Gasteiger partial charge in [0.1, 0.15) is 0 Å². The van der Waals surface area contributed by atoms with Crippen molar-refractivity contribution in [1.29, 1.82) is 0 Å². The average molecular weight is 257 g/mol. The number of carboxylic acids is 1. The lowest BCUT2D eigenvalue weighted by atomic mass is 9.97. The Morgan fingerprint density at radius 1 is 1.50 bits per heavy atom. The van der Waals surface area contributed by atoms with Crippen molar-refractivity contribution in [2.75, 3.05) is 12.4 Å². The van der Waals surface area contributed by atoms with Crippen molar-refractivity contribution < 1.29 is 28.5 Å². The van der Waals surface area contributed by atoms with Gasteiger partial charge in [0.2, 0.25) is 0 Å². The standard InChI is InChI=1S/C11H9F2NO4/c1-17-10-7(12)3-2-5-8(10)14-4-6(11(15)16)9(5)18-13/h2-4,9,14H,1H3,(H,15,16). The van der Waals surface area contributed by atoms with E-state index in [1.165, 1.54) is 13.2 Å². The molecule has 1 heterocycles. The van der Waals surface area contributed by atoms with Gasteiger partial charge < -0.3 is 15.2 Å². The Kier molecular flexibility index (Phi) is 3.15. The highest BCUT2D eigenvalue weighted by molar-refractivity contribution is 5.90. The van der Waals surface area contributed by atoms with E-state index in [0.717, 1.165) is 12.3 Å². The van der Waals surface area contributed by atoms with Gasteiger partial charge in [-0.15, -0.1) is 0 Å². The number of aliphatic carboxylic acids is 1. The van der Waals surface area contributed by atoms with Gasteiger partial charge in [-0.25, -0.2) is 9.18 Å². The summed E-state index contributed by atoms with van der Waals surface area (Å²) in [6.07, 6.45) is -0.384. The lowest BCUT2D eigenvalue weighted by molar-refractivity contribution is -0.173. The first-order chi connectivity index (χ1) is 8.60. The van der Waals surface area contributed by atoms with E-state index >= 15 is 0 Å². The second-order valence-electron chi connectivity index (χ2n) is 3.56. The predicted octanol–water partition coefficient (Wildman–Crippen LogP) is 2.17. The summed E-state index contributed by atoms with van der Waals surface area (Å²) in [7, 11) is 1.25. The summed E-state index contributed by atoms with van der Waals surface area (Å²) in [6.45, 7) is 0. The number of nitrogens with one attached hydrogen (secondary N) is 1. The minimum atomic E-state index is -1.42. The number of rotatable bonds is 3. The Labute approximate surface area is 101 Å². The summed E-state index contributed by atoms with van der Waals surface area (Å²) in [4.78, 5) is 14.6. The Balaban J connectivity index is 2.57. The van der Waals surface area contributed by atoms with Crippen LogP contribution in [0.1, 0.15) is 11.7 Å². The molecule has 0 amide bonds. The van der Waals surface area contributed by atoms with E-state index < -0.39 is 17.9 Å². The first kappa shape index (κ1) is 12.3. The van der Waals surface area contributed by atoms with Crippen molar-refractivity contribution in [2.24, 2.45) is 0 Å². The number of anilines is 1. The molecule has 7 heteroatoms. The molecule has 1 unspecified atom stereocenters. The van der Waals surface area contributed by atoms with E-state index in [-0.39, 0.29) is 22.6 Å². The predicted molar refractivity (Wildman–Crippen MR) is 57.2 cm³/mol. The topological polar surface area (TPSA) is 67.8 Å². The quantitative estimate of drug-likeness (QED) is 0.868. The minimum Gasteiger partial charge on any atom is -0.492 e. The number of benzene rings is 1. The van der Waals surface area contributed by atoms with E-state index in [1.807, 2.05) is 0 Å². The van der Waals surface area contributed by atoms with E-state index in [4.69, 9.17) is 9.84 Å². The summed E-state index contributed by atoms with van der Waals surface area (Å²) in [5.74, 6) is -2.11. The fraction of sp³-hybridized carbons (Fsp3) is 0.182. The molecule has 1 aromatic carbocycles. The van der Waals surface area contributed by atoms with Crippen LogP contribution in [0, 0.1) is 5.82 Å². The van der Waals surface area contributed by atoms with Gasteiger partial charge in [-0.05, 0) is 10.6 Å². The molecule has 2 N–H and O–H groups in total. The molecule has 0 bridgehead atoms. The van der Waals surface area contributed by atoms with Gasteiger partial charge in [-0.2, -0.15) is 4.94 Å². The first-order valence-electron chi connectivity index (χ1n) is 4.93. The van der Waals surface area contributed by atoms with Gasteiger partial charge in [0.25, 0.3) is 0 Å². The van der Waals surface area contributed by atoms with Gasteiger partial charge in [-0.1, -0.05) is 6.07 Å². The maximum atomic E-state index is 13.4. The second kappa shape index (κ2) is 4.61.